The fourth-order valence-corrected chi connectivity index (χ4v) is 4.68. The van der Waals surface area contributed by atoms with Crippen LogP contribution in [0.2, 0.25) is 0 Å². The first kappa shape index (κ1) is 31.4. The van der Waals surface area contributed by atoms with Gasteiger partial charge in [0.25, 0.3) is 0 Å². The van der Waals surface area contributed by atoms with Gasteiger partial charge in [-0.1, -0.05) is 12.1 Å². The van der Waals surface area contributed by atoms with Crippen molar-refractivity contribution in [1.29, 1.82) is 0 Å². The van der Waals surface area contributed by atoms with Gasteiger partial charge in [-0.15, -0.1) is 0 Å². The summed E-state index contributed by atoms with van der Waals surface area (Å²) in [5.74, 6) is 0.748. The molecule has 12 heteroatoms. The SMILES string of the molecule is CCOC(=O)NC(=NC)Nc1ccc(-c2ccc(CN3CCN(C(=O)OC(C)(C)C)C(C)C3)nc2)cc1-c1ncccn1. The van der Waals surface area contributed by atoms with Crippen molar-refractivity contribution in [1.82, 2.24) is 30.1 Å². The van der Waals surface area contributed by atoms with Crippen LogP contribution in [0.5, 0.6) is 0 Å². The Morgan fingerprint density at radius 2 is 1.81 bits per heavy atom. The molecule has 1 unspecified atom stereocenters. The van der Waals surface area contributed by atoms with Gasteiger partial charge in [0.05, 0.1) is 18.0 Å². The summed E-state index contributed by atoms with van der Waals surface area (Å²) in [5, 5.41) is 5.74. The number of benzene rings is 1. The molecule has 4 rings (SSSR count). The first-order valence-corrected chi connectivity index (χ1v) is 14.3. The number of anilines is 1. The van der Waals surface area contributed by atoms with Crippen molar-refractivity contribution in [3.63, 3.8) is 0 Å². The Bertz CT molecular complexity index is 1420. The maximum atomic E-state index is 12.6. The van der Waals surface area contributed by atoms with Gasteiger partial charge < -0.3 is 19.7 Å². The normalized spacial score (nSPS) is 16.0. The molecule has 2 amide bonds. The highest BCUT2D eigenvalue weighted by molar-refractivity contribution is 6.04. The number of hydrogen-bond donors (Lipinski definition) is 2. The summed E-state index contributed by atoms with van der Waals surface area (Å²) < 4.78 is 10.5. The lowest BCUT2D eigenvalue weighted by atomic mass is 10.0. The van der Waals surface area contributed by atoms with E-state index in [0.717, 1.165) is 35.5 Å². The highest BCUT2D eigenvalue weighted by Gasteiger charge is 2.30. The maximum Gasteiger partial charge on any atom is 0.413 e. The van der Waals surface area contributed by atoms with E-state index in [-0.39, 0.29) is 24.7 Å². The van der Waals surface area contributed by atoms with Crippen molar-refractivity contribution in [3.8, 4) is 22.5 Å². The summed E-state index contributed by atoms with van der Waals surface area (Å²) in [6, 6.07) is 11.7. The van der Waals surface area contributed by atoms with E-state index in [9.17, 15) is 9.59 Å². The molecule has 0 spiro atoms. The fraction of sp³-hybridized carbons (Fsp3) is 0.419. The van der Waals surface area contributed by atoms with Crippen LogP contribution in [0.15, 0.2) is 60.0 Å². The Labute approximate surface area is 252 Å². The standard InChI is InChI=1S/C31H40N8O4/c1-7-42-29(40)37-28(32-6)36-26-12-10-22(17-25(26)27-33-13-8-14-34-27)23-9-11-24(35-18-23)20-38-15-16-39(21(2)19-38)30(41)43-31(3,4)5/h8-14,17-18,21H,7,15-16,19-20H2,1-6H3,(H2,32,36,37,40). The lowest BCUT2D eigenvalue weighted by molar-refractivity contribution is 0.000428. The minimum absolute atomic E-state index is 0.0411. The number of amides is 2. The summed E-state index contributed by atoms with van der Waals surface area (Å²) >= 11 is 0. The van der Waals surface area contributed by atoms with Gasteiger partial charge in [0, 0.05) is 69.0 Å². The zero-order valence-electron chi connectivity index (χ0n) is 25.6. The lowest BCUT2D eigenvalue weighted by Gasteiger charge is -2.40. The number of aromatic nitrogens is 3. The third kappa shape index (κ3) is 8.71. The number of pyridine rings is 1. The Morgan fingerprint density at radius 3 is 2.44 bits per heavy atom. The van der Waals surface area contributed by atoms with Crippen LogP contribution in [0.1, 0.15) is 40.3 Å². The molecular weight excluding hydrogens is 548 g/mol. The van der Waals surface area contributed by atoms with Crippen molar-refractivity contribution in [3.05, 3.63) is 60.7 Å². The number of carbonyl (C=O) groups excluding carboxylic acids is 2. The molecule has 0 radical (unpaired) electrons. The average Bonchev–Trinajstić information content (AvgIpc) is 2.97. The third-order valence-electron chi connectivity index (χ3n) is 6.68. The Kier molecular flexibility index (Phi) is 10.3. The number of nitrogens with one attached hydrogen (secondary N) is 2. The van der Waals surface area contributed by atoms with E-state index in [1.54, 1.807) is 37.3 Å². The summed E-state index contributed by atoms with van der Waals surface area (Å²) in [6.45, 7) is 12.4. The second-order valence-corrected chi connectivity index (χ2v) is 11.2. The van der Waals surface area contributed by atoms with E-state index in [1.165, 1.54) is 0 Å². The molecule has 0 bridgehead atoms. The summed E-state index contributed by atoms with van der Waals surface area (Å²) in [4.78, 5) is 46.3. The Morgan fingerprint density at radius 1 is 1.07 bits per heavy atom. The van der Waals surface area contributed by atoms with Crippen LogP contribution in [-0.2, 0) is 16.0 Å². The molecule has 1 saturated heterocycles. The van der Waals surface area contributed by atoms with Crippen LogP contribution < -0.4 is 10.6 Å². The van der Waals surface area contributed by atoms with Gasteiger partial charge in [-0.2, -0.15) is 0 Å². The predicted octanol–water partition coefficient (Wildman–Crippen LogP) is 4.79. The molecular formula is C31H40N8O4. The number of piperazine rings is 1. The van der Waals surface area contributed by atoms with Crippen LogP contribution in [0.3, 0.4) is 0 Å². The van der Waals surface area contributed by atoms with Crippen LogP contribution in [-0.4, -0.2) is 87.8 Å². The summed E-state index contributed by atoms with van der Waals surface area (Å²) in [5.41, 5.74) is 3.69. The van der Waals surface area contributed by atoms with E-state index in [2.05, 4.69) is 30.5 Å². The smallest absolute Gasteiger partial charge is 0.413 e. The second-order valence-electron chi connectivity index (χ2n) is 11.2. The van der Waals surface area contributed by atoms with Crippen molar-refractivity contribution < 1.29 is 19.1 Å². The molecule has 2 aromatic heterocycles. The number of carbonyl (C=O) groups is 2. The van der Waals surface area contributed by atoms with Gasteiger partial charge in [-0.3, -0.25) is 20.2 Å². The van der Waals surface area contributed by atoms with Crippen LogP contribution in [0.4, 0.5) is 15.3 Å². The molecule has 3 heterocycles. The van der Waals surface area contributed by atoms with Gasteiger partial charge in [0.15, 0.2) is 5.82 Å². The first-order valence-electron chi connectivity index (χ1n) is 14.3. The number of guanidine groups is 1. The number of rotatable bonds is 6. The molecule has 2 N–H and O–H groups in total. The topological polar surface area (TPSA) is 134 Å². The van der Waals surface area contributed by atoms with Crippen LogP contribution in [0, 0.1) is 0 Å². The molecule has 228 valence electrons. The fourth-order valence-electron chi connectivity index (χ4n) is 4.68. The zero-order valence-corrected chi connectivity index (χ0v) is 25.6. The molecule has 1 aromatic carbocycles. The van der Waals surface area contributed by atoms with Crippen molar-refractivity contribution >= 4 is 23.8 Å². The molecule has 0 saturated carbocycles. The summed E-state index contributed by atoms with van der Waals surface area (Å²) in [6.07, 6.45) is 4.34. The van der Waals surface area contributed by atoms with Crippen molar-refractivity contribution in [2.75, 3.05) is 38.6 Å². The van der Waals surface area contributed by atoms with Gasteiger partial charge in [0.2, 0.25) is 5.96 Å². The molecule has 3 aromatic rings. The molecule has 1 atom stereocenters. The lowest BCUT2D eigenvalue weighted by Crippen LogP contribution is -2.54. The quantitative estimate of drug-likeness (QED) is 0.308. The van der Waals surface area contributed by atoms with Gasteiger partial charge >= 0.3 is 12.2 Å². The number of aliphatic imine (C=N–C) groups is 1. The first-order chi connectivity index (χ1) is 20.6. The Balaban J connectivity index is 1.47. The highest BCUT2D eigenvalue weighted by Crippen LogP contribution is 2.31. The minimum Gasteiger partial charge on any atom is -0.450 e. The average molecular weight is 589 g/mol. The molecule has 1 fully saturated rings. The number of nitrogens with zero attached hydrogens (tertiary/aromatic N) is 6. The highest BCUT2D eigenvalue weighted by atomic mass is 16.6. The molecule has 0 aliphatic carbocycles. The van der Waals surface area contributed by atoms with E-state index >= 15 is 0 Å². The number of hydrogen-bond acceptors (Lipinski definition) is 9. The van der Waals surface area contributed by atoms with Gasteiger partial charge in [-0.05, 0) is 64.4 Å². The molecule has 1 aliphatic rings. The second kappa shape index (κ2) is 14.1. The molecule has 12 nitrogen and oxygen atoms in total. The van der Waals surface area contributed by atoms with Crippen LogP contribution in [0.25, 0.3) is 22.5 Å². The maximum absolute atomic E-state index is 12.6. The van der Waals surface area contributed by atoms with Crippen LogP contribution >= 0.6 is 0 Å². The molecule has 1 aliphatic heterocycles. The monoisotopic (exact) mass is 588 g/mol. The number of ether oxygens (including phenoxy) is 2. The summed E-state index contributed by atoms with van der Waals surface area (Å²) in [7, 11) is 1.57. The zero-order chi connectivity index (χ0) is 31.0. The molecule has 43 heavy (non-hydrogen) atoms. The van der Waals surface area contributed by atoms with Gasteiger partial charge in [-0.25, -0.2) is 19.6 Å². The van der Waals surface area contributed by atoms with Crippen molar-refractivity contribution in [2.24, 2.45) is 4.99 Å². The van der Waals surface area contributed by atoms with Gasteiger partial charge in [0.1, 0.15) is 5.60 Å². The van der Waals surface area contributed by atoms with E-state index in [4.69, 9.17) is 14.5 Å². The number of alkyl carbamates (subject to hydrolysis) is 1. The minimum atomic E-state index is -0.602. The predicted molar refractivity (Wildman–Crippen MR) is 166 cm³/mol. The Hall–Kier alpha value is -4.58. The van der Waals surface area contributed by atoms with E-state index in [0.29, 0.717) is 24.6 Å². The largest absolute Gasteiger partial charge is 0.450 e. The van der Waals surface area contributed by atoms with E-state index in [1.807, 2.05) is 64.2 Å². The van der Waals surface area contributed by atoms with Crippen molar-refractivity contribution in [2.45, 2.75) is 52.8 Å². The third-order valence-corrected chi connectivity index (χ3v) is 6.68. The van der Waals surface area contributed by atoms with E-state index < -0.39 is 11.7 Å².